The van der Waals surface area contributed by atoms with Crippen LogP contribution in [0.4, 0.5) is 5.69 Å². The van der Waals surface area contributed by atoms with Crippen LogP contribution in [0.5, 0.6) is 0 Å². The monoisotopic (exact) mass is 256 g/mol. The zero-order chi connectivity index (χ0) is 12.9. The molecule has 4 nitrogen and oxygen atoms in total. The van der Waals surface area contributed by atoms with E-state index in [0.717, 1.165) is 24.1 Å². The van der Waals surface area contributed by atoms with Crippen molar-refractivity contribution in [3.63, 3.8) is 0 Å². The molecule has 1 aromatic carbocycles. The molecule has 0 unspecified atom stereocenters. The Morgan fingerprint density at radius 3 is 2.63 bits per heavy atom. The predicted octanol–water partition coefficient (Wildman–Crippen LogP) is 2.24. The van der Waals surface area contributed by atoms with Crippen LogP contribution in [0, 0.1) is 0 Å². The Labute approximate surface area is 113 Å². The lowest BCUT2D eigenvalue weighted by molar-refractivity contribution is -0.00912. The summed E-state index contributed by atoms with van der Waals surface area (Å²) in [6.07, 6.45) is 5.73. The second-order valence-electron chi connectivity index (χ2n) is 5.96. The number of anilines is 1. The maximum atomic E-state index is 4.47. The highest BCUT2D eigenvalue weighted by atomic mass is 15.3. The van der Waals surface area contributed by atoms with E-state index in [1.807, 2.05) is 0 Å². The normalized spacial score (nSPS) is 22.9. The first kappa shape index (κ1) is 11.3. The fourth-order valence-electron chi connectivity index (χ4n) is 3.65. The molecule has 0 radical (unpaired) electrons. The smallest absolute Gasteiger partial charge is 0.112 e. The molecule has 2 saturated heterocycles. The van der Waals surface area contributed by atoms with Gasteiger partial charge in [-0.15, -0.1) is 0 Å². The van der Waals surface area contributed by atoms with Gasteiger partial charge >= 0.3 is 0 Å². The van der Waals surface area contributed by atoms with E-state index >= 15 is 0 Å². The summed E-state index contributed by atoms with van der Waals surface area (Å²) in [5, 5.41) is 0. The number of H-pyrrole nitrogens is 1. The predicted molar refractivity (Wildman–Crippen MR) is 77.5 cm³/mol. The minimum atomic E-state index is 0.510. The van der Waals surface area contributed by atoms with Gasteiger partial charge in [-0.05, 0) is 38.4 Å². The van der Waals surface area contributed by atoms with Crippen molar-refractivity contribution in [1.29, 1.82) is 0 Å². The zero-order valence-corrected chi connectivity index (χ0v) is 11.4. The Morgan fingerprint density at radius 1 is 1.16 bits per heavy atom. The Hall–Kier alpha value is -1.55. The number of benzene rings is 1. The number of rotatable bonds is 1. The van der Waals surface area contributed by atoms with Crippen molar-refractivity contribution in [1.82, 2.24) is 14.9 Å². The van der Waals surface area contributed by atoms with Crippen LogP contribution in [-0.2, 0) is 0 Å². The van der Waals surface area contributed by atoms with E-state index in [0.29, 0.717) is 5.54 Å². The first-order valence-electron chi connectivity index (χ1n) is 7.17. The Balaban J connectivity index is 1.60. The average Bonchev–Trinajstić information content (AvgIpc) is 2.94. The summed E-state index contributed by atoms with van der Waals surface area (Å²) in [5.74, 6) is 0. The third-order valence-corrected chi connectivity index (χ3v) is 5.19. The van der Waals surface area contributed by atoms with Gasteiger partial charge < -0.3 is 14.8 Å². The number of aromatic nitrogens is 2. The van der Waals surface area contributed by atoms with Gasteiger partial charge in [0.15, 0.2) is 0 Å². The molecule has 0 aliphatic carbocycles. The van der Waals surface area contributed by atoms with E-state index < -0.39 is 0 Å². The van der Waals surface area contributed by atoms with Crippen LogP contribution in [0.15, 0.2) is 24.5 Å². The number of nitrogens with one attached hydrogen (secondary N) is 1. The van der Waals surface area contributed by atoms with Crippen molar-refractivity contribution < 1.29 is 0 Å². The average molecular weight is 256 g/mol. The van der Waals surface area contributed by atoms with Gasteiger partial charge in [0.1, 0.15) is 5.52 Å². The fraction of sp³-hybridized carbons (Fsp3) is 0.533. The topological polar surface area (TPSA) is 35.2 Å². The van der Waals surface area contributed by atoms with Gasteiger partial charge in [-0.25, -0.2) is 4.98 Å². The Kier molecular flexibility index (Phi) is 2.36. The number of piperidine rings is 1. The van der Waals surface area contributed by atoms with E-state index in [-0.39, 0.29) is 0 Å². The number of hydrogen-bond donors (Lipinski definition) is 1. The number of nitrogens with zero attached hydrogens (tertiary/aromatic N) is 3. The minimum Gasteiger partial charge on any atom is -0.370 e. The van der Waals surface area contributed by atoms with Gasteiger partial charge in [-0.2, -0.15) is 0 Å². The number of fused-ring (bicyclic) bond motifs is 1. The van der Waals surface area contributed by atoms with Gasteiger partial charge in [0.05, 0.1) is 17.5 Å². The molecule has 1 spiro atoms. The fourth-order valence-corrected chi connectivity index (χ4v) is 3.65. The standard InChI is InChI=1S/C15H20N4/c1-18-8-5-15(18)6-9-19(10-7-15)13-4-2-3-12-14(13)17-11-16-12/h2-4,11H,5-10H2,1H3,(H,16,17). The third kappa shape index (κ3) is 1.59. The molecule has 100 valence electrons. The van der Waals surface area contributed by atoms with E-state index in [1.165, 1.54) is 31.5 Å². The van der Waals surface area contributed by atoms with E-state index in [2.05, 4.69) is 45.0 Å². The molecule has 3 heterocycles. The second-order valence-corrected chi connectivity index (χ2v) is 5.96. The third-order valence-electron chi connectivity index (χ3n) is 5.19. The lowest BCUT2D eigenvalue weighted by atomic mass is 9.77. The summed E-state index contributed by atoms with van der Waals surface area (Å²) in [6, 6.07) is 6.42. The van der Waals surface area contributed by atoms with Crippen LogP contribution in [-0.4, -0.2) is 47.1 Å². The van der Waals surface area contributed by atoms with Gasteiger partial charge in [0.2, 0.25) is 0 Å². The molecule has 0 saturated carbocycles. The SMILES string of the molecule is CN1CCC12CCN(c1cccc3[nH]cnc13)CC2. The van der Waals surface area contributed by atoms with Crippen molar-refractivity contribution in [2.45, 2.75) is 24.8 Å². The van der Waals surface area contributed by atoms with E-state index in [1.54, 1.807) is 6.33 Å². The van der Waals surface area contributed by atoms with Crippen LogP contribution < -0.4 is 4.90 Å². The van der Waals surface area contributed by atoms with Crippen molar-refractivity contribution in [2.24, 2.45) is 0 Å². The summed E-state index contributed by atoms with van der Waals surface area (Å²) in [6.45, 7) is 3.57. The lowest BCUT2D eigenvalue weighted by Gasteiger charge is -2.55. The molecule has 2 aliphatic rings. The van der Waals surface area contributed by atoms with Crippen LogP contribution in [0.25, 0.3) is 11.0 Å². The Morgan fingerprint density at radius 2 is 1.95 bits per heavy atom. The minimum absolute atomic E-state index is 0.510. The summed E-state index contributed by atoms with van der Waals surface area (Å²) in [4.78, 5) is 12.7. The van der Waals surface area contributed by atoms with E-state index in [9.17, 15) is 0 Å². The first-order chi connectivity index (χ1) is 9.28. The number of para-hydroxylation sites is 1. The highest BCUT2D eigenvalue weighted by Gasteiger charge is 2.44. The first-order valence-corrected chi connectivity index (χ1v) is 7.17. The van der Waals surface area contributed by atoms with Gasteiger partial charge in [-0.1, -0.05) is 6.07 Å². The second kappa shape index (κ2) is 3.97. The Bertz CT molecular complexity index is 595. The molecule has 0 amide bonds. The van der Waals surface area contributed by atoms with Crippen molar-refractivity contribution >= 4 is 16.7 Å². The largest absolute Gasteiger partial charge is 0.370 e. The molecule has 2 fully saturated rings. The number of likely N-dealkylation sites (tertiary alicyclic amines) is 1. The van der Waals surface area contributed by atoms with Gasteiger partial charge in [0, 0.05) is 25.2 Å². The quantitative estimate of drug-likeness (QED) is 0.850. The molecule has 4 rings (SSSR count). The molecule has 0 bridgehead atoms. The summed E-state index contributed by atoms with van der Waals surface area (Å²) in [7, 11) is 2.27. The lowest BCUT2D eigenvalue weighted by Crippen LogP contribution is -2.62. The van der Waals surface area contributed by atoms with Crippen LogP contribution in [0.3, 0.4) is 0 Å². The van der Waals surface area contributed by atoms with Crippen molar-refractivity contribution in [2.75, 3.05) is 31.6 Å². The number of aromatic amines is 1. The summed E-state index contributed by atoms with van der Waals surface area (Å²) >= 11 is 0. The summed E-state index contributed by atoms with van der Waals surface area (Å²) in [5.41, 5.74) is 4.05. The molecule has 2 aromatic rings. The number of imidazole rings is 1. The van der Waals surface area contributed by atoms with Crippen LogP contribution >= 0.6 is 0 Å². The highest BCUT2D eigenvalue weighted by Crippen LogP contribution is 2.40. The molecule has 2 aliphatic heterocycles. The molecular weight excluding hydrogens is 236 g/mol. The van der Waals surface area contributed by atoms with E-state index in [4.69, 9.17) is 0 Å². The maximum absolute atomic E-state index is 4.47. The van der Waals surface area contributed by atoms with Gasteiger partial charge in [-0.3, -0.25) is 0 Å². The summed E-state index contributed by atoms with van der Waals surface area (Å²) < 4.78 is 0. The van der Waals surface area contributed by atoms with Crippen LogP contribution in [0.1, 0.15) is 19.3 Å². The molecule has 19 heavy (non-hydrogen) atoms. The van der Waals surface area contributed by atoms with Crippen LogP contribution in [0.2, 0.25) is 0 Å². The molecular formula is C15H20N4. The molecule has 1 aromatic heterocycles. The zero-order valence-electron chi connectivity index (χ0n) is 11.4. The maximum Gasteiger partial charge on any atom is 0.112 e. The van der Waals surface area contributed by atoms with Crippen molar-refractivity contribution in [3.8, 4) is 0 Å². The van der Waals surface area contributed by atoms with Crippen molar-refractivity contribution in [3.05, 3.63) is 24.5 Å². The number of hydrogen-bond acceptors (Lipinski definition) is 3. The molecule has 1 N–H and O–H groups in total. The van der Waals surface area contributed by atoms with Gasteiger partial charge in [0.25, 0.3) is 0 Å². The molecule has 0 atom stereocenters. The molecule has 4 heteroatoms. The highest BCUT2D eigenvalue weighted by molar-refractivity contribution is 5.88.